The first-order chi connectivity index (χ1) is 7.40. The molecule has 1 atom stereocenters. The first kappa shape index (κ1) is 13.7. The molecule has 0 amide bonds. The second-order valence-electron chi connectivity index (χ2n) is 5.37. The van der Waals surface area contributed by atoms with Gasteiger partial charge in [0.15, 0.2) is 5.79 Å². The maximum Gasteiger partial charge on any atom is 0.165 e. The van der Waals surface area contributed by atoms with E-state index in [1.165, 1.54) is 0 Å². The fourth-order valence-electron chi connectivity index (χ4n) is 2.00. The maximum absolute atomic E-state index is 10.1. The van der Waals surface area contributed by atoms with E-state index in [1.807, 2.05) is 13.0 Å². The van der Waals surface area contributed by atoms with Crippen molar-refractivity contribution >= 4 is 0 Å². The highest BCUT2D eigenvalue weighted by atomic mass is 16.7. The van der Waals surface area contributed by atoms with Crippen LogP contribution < -0.4 is 0 Å². The Balaban J connectivity index is 2.39. The topological polar surface area (TPSA) is 38.7 Å². The number of allylic oxidation sites excluding steroid dienone is 1. The van der Waals surface area contributed by atoms with Crippen molar-refractivity contribution in [3.05, 3.63) is 12.7 Å². The molecule has 0 saturated carbocycles. The van der Waals surface area contributed by atoms with Gasteiger partial charge in [0.25, 0.3) is 0 Å². The molecule has 0 spiro atoms. The second-order valence-corrected chi connectivity index (χ2v) is 5.37. The summed E-state index contributed by atoms with van der Waals surface area (Å²) >= 11 is 0. The predicted molar refractivity (Wildman–Crippen MR) is 64.1 cm³/mol. The molecule has 1 heterocycles. The van der Waals surface area contributed by atoms with Gasteiger partial charge in [-0.2, -0.15) is 0 Å². The molecule has 1 saturated heterocycles. The summed E-state index contributed by atoms with van der Waals surface area (Å²) in [6.07, 6.45) is 3.74. The molecule has 0 aromatic heterocycles. The number of rotatable bonds is 6. The maximum atomic E-state index is 10.1. The van der Waals surface area contributed by atoms with Crippen LogP contribution in [0.15, 0.2) is 12.7 Å². The first-order valence-electron chi connectivity index (χ1n) is 5.96. The van der Waals surface area contributed by atoms with Crippen molar-refractivity contribution in [3.8, 4) is 0 Å². The Morgan fingerprint density at radius 3 is 2.50 bits per heavy atom. The molecule has 1 aliphatic rings. The summed E-state index contributed by atoms with van der Waals surface area (Å²) < 4.78 is 11.0. The van der Waals surface area contributed by atoms with Crippen molar-refractivity contribution < 1.29 is 14.6 Å². The Labute approximate surface area is 98.4 Å². The summed E-state index contributed by atoms with van der Waals surface area (Å²) in [5, 5.41) is 10.1. The predicted octanol–water partition coefficient (Wildman–Crippen LogP) is 2.49. The van der Waals surface area contributed by atoms with E-state index < -0.39 is 5.79 Å². The quantitative estimate of drug-likeness (QED) is 0.710. The fourth-order valence-corrected chi connectivity index (χ4v) is 2.00. The molecule has 1 rings (SSSR count). The van der Waals surface area contributed by atoms with Crippen LogP contribution in [0.5, 0.6) is 0 Å². The number of ether oxygens (including phenoxy) is 2. The minimum atomic E-state index is -0.495. The Bertz CT molecular complexity index is 229. The van der Waals surface area contributed by atoms with E-state index in [0.717, 1.165) is 12.8 Å². The largest absolute Gasteiger partial charge is 0.393 e. The molecule has 1 fully saturated rings. The molecule has 3 nitrogen and oxygen atoms in total. The first-order valence-corrected chi connectivity index (χ1v) is 5.96. The molecule has 0 radical (unpaired) electrons. The van der Waals surface area contributed by atoms with E-state index >= 15 is 0 Å². The molecule has 1 N–H and O–H groups in total. The second kappa shape index (κ2) is 5.30. The molecule has 1 unspecified atom stereocenters. The van der Waals surface area contributed by atoms with Crippen LogP contribution in [-0.2, 0) is 9.47 Å². The lowest BCUT2D eigenvalue weighted by molar-refractivity contribution is -0.153. The van der Waals surface area contributed by atoms with Gasteiger partial charge in [0.2, 0.25) is 0 Å². The number of hydrogen-bond donors (Lipinski definition) is 1. The summed E-state index contributed by atoms with van der Waals surface area (Å²) in [7, 11) is 0. The van der Waals surface area contributed by atoms with E-state index in [0.29, 0.717) is 19.6 Å². The van der Waals surface area contributed by atoms with E-state index in [4.69, 9.17) is 9.47 Å². The zero-order valence-electron chi connectivity index (χ0n) is 10.7. The molecule has 0 aliphatic carbocycles. The van der Waals surface area contributed by atoms with Crippen molar-refractivity contribution in [3.63, 3.8) is 0 Å². The average molecular weight is 228 g/mol. The van der Waals surface area contributed by atoms with Crippen LogP contribution in [-0.4, -0.2) is 30.2 Å². The zero-order chi connectivity index (χ0) is 12.2. The van der Waals surface area contributed by atoms with Gasteiger partial charge in [-0.25, -0.2) is 0 Å². The average Bonchev–Trinajstić information content (AvgIpc) is 2.62. The lowest BCUT2D eigenvalue weighted by Crippen LogP contribution is -2.33. The number of aliphatic hydroxyl groups is 1. The molecular formula is C13H24O3. The van der Waals surface area contributed by atoms with Crippen molar-refractivity contribution in [2.45, 2.75) is 51.9 Å². The molecular weight excluding hydrogens is 204 g/mol. The van der Waals surface area contributed by atoms with Gasteiger partial charge in [0, 0.05) is 6.42 Å². The van der Waals surface area contributed by atoms with Gasteiger partial charge < -0.3 is 14.6 Å². The molecule has 0 aromatic rings. The summed E-state index contributed by atoms with van der Waals surface area (Å²) in [6.45, 7) is 11.1. The lowest BCUT2D eigenvalue weighted by Gasteiger charge is -2.32. The van der Waals surface area contributed by atoms with Gasteiger partial charge in [-0.1, -0.05) is 19.9 Å². The minimum Gasteiger partial charge on any atom is -0.393 e. The van der Waals surface area contributed by atoms with Gasteiger partial charge >= 0.3 is 0 Å². The van der Waals surface area contributed by atoms with Crippen LogP contribution in [0, 0.1) is 5.41 Å². The van der Waals surface area contributed by atoms with Gasteiger partial charge in [0.1, 0.15) is 0 Å². The highest BCUT2D eigenvalue weighted by Crippen LogP contribution is 2.32. The molecule has 3 heteroatoms. The molecule has 0 bridgehead atoms. The van der Waals surface area contributed by atoms with Crippen LogP contribution in [0.3, 0.4) is 0 Å². The highest BCUT2D eigenvalue weighted by molar-refractivity contribution is 4.86. The van der Waals surface area contributed by atoms with Crippen LogP contribution in [0.2, 0.25) is 0 Å². The van der Waals surface area contributed by atoms with E-state index in [1.54, 1.807) is 0 Å². The SMILES string of the molecule is C=CCC(C)(C)C(O)CCC1(C)OCCO1. The molecule has 0 aromatic carbocycles. The van der Waals surface area contributed by atoms with E-state index in [-0.39, 0.29) is 11.5 Å². The molecule has 16 heavy (non-hydrogen) atoms. The minimum absolute atomic E-state index is 0.128. The fraction of sp³-hybridized carbons (Fsp3) is 0.846. The third kappa shape index (κ3) is 3.58. The smallest absolute Gasteiger partial charge is 0.165 e. The summed E-state index contributed by atoms with van der Waals surface area (Å²) in [5.41, 5.74) is -0.128. The van der Waals surface area contributed by atoms with Crippen LogP contribution in [0.25, 0.3) is 0 Å². The third-order valence-corrected chi connectivity index (χ3v) is 3.34. The Morgan fingerprint density at radius 2 is 2.00 bits per heavy atom. The Morgan fingerprint density at radius 1 is 1.44 bits per heavy atom. The van der Waals surface area contributed by atoms with Crippen molar-refractivity contribution in [2.75, 3.05) is 13.2 Å². The summed E-state index contributed by atoms with van der Waals surface area (Å²) in [6, 6.07) is 0. The number of hydrogen-bond acceptors (Lipinski definition) is 3. The van der Waals surface area contributed by atoms with Gasteiger partial charge in [-0.3, -0.25) is 0 Å². The molecule has 94 valence electrons. The summed E-state index contributed by atoms with van der Waals surface area (Å²) in [5.74, 6) is -0.495. The zero-order valence-corrected chi connectivity index (χ0v) is 10.7. The van der Waals surface area contributed by atoms with E-state index in [9.17, 15) is 5.11 Å². The number of aliphatic hydroxyl groups excluding tert-OH is 1. The van der Waals surface area contributed by atoms with Crippen molar-refractivity contribution in [1.82, 2.24) is 0 Å². The lowest BCUT2D eigenvalue weighted by atomic mass is 9.80. The highest BCUT2D eigenvalue weighted by Gasteiger charge is 2.34. The van der Waals surface area contributed by atoms with Crippen LogP contribution in [0.1, 0.15) is 40.0 Å². The Hall–Kier alpha value is -0.380. The summed E-state index contributed by atoms with van der Waals surface area (Å²) in [4.78, 5) is 0. The monoisotopic (exact) mass is 228 g/mol. The van der Waals surface area contributed by atoms with Crippen molar-refractivity contribution in [2.24, 2.45) is 5.41 Å². The molecule has 1 aliphatic heterocycles. The van der Waals surface area contributed by atoms with Gasteiger partial charge in [-0.15, -0.1) is 6.58 Å². The standard InChI is InChI=1S/C13H24O3/c1-5-7-12(2,3)11(14)6-8-13(4)15-9-10-16-13/h5,11,14H,1,6-10H2,2-4H3. The van der Waals surface area contributed by atoms with Gasteiger partial charge in [0.05, 0.1) is 19.3 Å². The van der Waals surface area contributed by atoms with Gasteiger partial charge in [-0.05, 0) is 25.2 Å². The van der Waals surface area contributed by atoms with Crippen molar-refractivity contribution in [1.29, 1.82) is 0 Å². The Kier molecular flexibility index (Phi) is 4.53. The van der Waals surface area contributed by atoms with Crippen LogP contribution >= 0.6 is 0 Å². The third-order valence-electron chi connectivity index (χ3n) is 3.34. The van der Waals surface area contributed by atoms with Crippen LogP contribution in [0.4, 0.5) is 0 Å². The van der Waals surface area contributed by atoms with E-state index in [2.05, 4.69) is 20.4 Å². The normalized spacial score (nSPS) is 22.0.